The Hall–Kier alpha value is -3.28. The molecule has 0 N–H and O–H groups in total. The molecule has 6 aliphatic carbocycles. The second-order valence-electron chi connectivity index (χ2n) is 19.8. The van der Waals surface area contributed by atoms with E-state index >= 15 is 0 Å². The van der Waals surface area contributed by atoms with E-state index < -0.39 is 0 Å². The van der Waals surface area contributed by atoms with Crippen LogP contribution in [0, 0.1) is 69.0 Å². The minimum Gasteiger partial charge on any atom is -0.466 e. The number of esters is 2. The number of aromatic nitrogens is 2. The molecular formula is C48H62N2O4. The van der Waals surface area contributed by atoms with Crippen molar-refractivity contribution in [2.75, 3.05) is 13.2 Å². The summed E-state index contributed by atoms with van der Waals surface area (Å²) in [6.07, 6.45) is 28.7. The standard InChI is InChI=1S/2C24H31NO2/c1-23-12-10-22(26)27-15-17(23)5-6-18-20-8-7-19(16-4-3-13-25-14-16)24(20,2)11-9-21(18)23;1-23-11-13-27-22(26)14-17(23)5-6-18-20-8-7-19(16-4-3-12-25-15-16)24(20,2)10-9-21(18)23/h3-4,7,13-14,17-18,20-21H,5-6,8-12,15H2,1-2H3;3-4,7,12,15,17-18,20-21H,5-6,8-11,13-14H2,1-2H3/t2*17-,18-,20-,21-,23-,24+/m00/s1. The highest BCUT2D eigenvalue weighted by Crippen LogP contribution is 2.68. The highest BCUT2D eigenvalue weighted by atomic mass is 16.5. The van der Waals surface area contributed by atoms with Crippen molar-refractivity contribution in [1.82, 2.24) is 9.97 Å². The molecule has 6 fully saturated rings. The number of hydrogen-bond acceptors (Lipinski definition) is 6. The quantitative estimate of drug-likeness (QED) is 0.286. The highest BCUT2D eigenvalue weighted by molar-refractivity contribution is 5.74. The van der Waals surface area contributed by atoms with Crippen molar-refractivity contribution in [3.05, 3.63) is 72.3 Å². The van der Waals surface area contributed by atoms with E-state index in [1.807, 2.05) is 24.8 Å². The monoisotopic (exact) mass is 730 g/mol. The summed E-state index contributed by atoms with van der Waals surface area (Å²) in [5, 5.41) is 0. The lowest BCUT2D eigenvalue weighted by molar-refractivity contribution is -0.145. The van der Waals surface area contributed by atoms with Gasteiger partial charge < -0.3 is 9.47 Å². The van der Waals surface area contributed by atoms with Gasteiger partial charge in [0.2, 0.25) is 0 Å². The molecule has 0 spiro atoms. The molecule has 0 radical (unpaired) electrons. The lowest BCUT2D eigenvalue weighted by Gasteiger charge is -2.58. The third-order valence-corrected chi connectivity index (χ3v) is 17.9. The van der Waals surface area contributed by atoms with Crippen LogP contribution in [-0.2, 0) is 19.1 Å². The van der Waals surface area contributed by atoms with E-state index in [1.165, 1.54) is 86.5 Å². The summed E-state index contributed by atoms with van der Waals surface area (Å²) in [6, 6.07) is 8.58. The van der Waals surface area contributed by atoms with Crippen molar-refractivity contribution < 1.29 is 19.1 Å². The maximum absolute atomic E-state index is 12.0. The number of fused-ring (bicyclic) bond motifs is 10. The zero-order valence-electron chi connectivity index (χ0n) is 33.2. The van der Waals surface area contributed by atoms with Crippen LogP contribution in [0.4, 0.5) is 0 Å². The van der Waals surface area contributed by atoms with Gasteiger partial charge in [-0.05, 0) is 180 Å². The normalized spacial score (nSPS) is 43.6. The lowest BCUT2D eigenvalue weighted by atomic mass is 9.46. The maximum Gasteiger partial charge on any atom is 0.306 e. The van der Waals surface area contributed by atoms with Crippen LogP contribution in [0.15, 0.2) is 61.2 Å². The first-order valence-electron chi connectivity index (χ1n) is 21.6. The number of rotatable bonds is 2. The van der Waals surface area contributed by atoms with Crippen molar-refractivity contribution >= 4 is 23.1 Å². The highest BCUT2D eigenvalue weighted by Gasteiger charge is 2.60. The average molecular weight is 731 g/mol. The first kappa shape index (κ1) is 36.4. The third kappa shape index (κ3) is 5.77. The number of carbonyl (C=O) groups excluding carboxylic acids is 2. The molecule has 10 rings (SSSR count). The number of pyridine rings is 2. The van der Waals surface area contributed by atoms with Crippen LogP contribution in [-0.4, -0.2) is 35.1 Å². The number of hydrogen-bond donors (Lipinski definition) is 0. The molecule has 0 aromatic carbocycles. The molecule has 0 unspecified atom stereocenters. The van der Waals surface area contributed by atoms with Crippen LogP contribution >= 0.6 is 0 Å². The molecule has 0 amide bonds. The average Bonchev–Trinajstić information content (AvgIpc) is 3.61. The summed E-state index contributed by atoms with van der Waals surface area (Å²) in [4.78, 5) is 32.7. The molecule has 288 valence electrons. The van der Waals surface area contributed by atoms with Crippen LogP contribution in [0.3, 0.4) is 0 Å². The van der Waals surface area contributed by atoms with Crippen LogP contribution in [0.2, 0.25) is 0 Å². The third-order valence-electron chi connectivity index (χ3n) is 17.9. The zero-order valence-corrected chi connectivity index (χ0v) is 33.2. The molecule has 12 atom stereocenters. The van der Waals surface area contributed by atoms with Gasteiger partial charge in [0.15, 0.2) is 0 Å². The Morgan fingerprint density at radius 1 is 0.611 bits per heavy atom. The fourth-order valence-electron chi connectivity index (χ4n) is 14.8. The molecule has 0 bridgehead atoms. The van der Waals surface area contributed by atoms with Gasteiger partial charge in [0.25, 0.3) is 0 Å². The van der Waals surface area contributed by atoms with Crippen molar-refractivity contribution in [3.63, 3.8) is 0 Å². The maximum atomic E-state index is 12.0. The van der Waals surface area contributed by atoms with Crippen molar-refractivity contribution in [2.24, 2.45) is 69.0 Å². The smallest absolute Gasteiger partial charge is 0.306 e. The molecule has 6 nitrogen and oxygen atoms in total. The largest absolute Gasteiger partial charge is 0.466 e. The molecule has 6 heteroatoms. The van der Waals surface area contributed by atoms with Crippen molar-refractivity contribution in [3.8, 4) is 0 Å². The SMILES string of the molecule is C[C@]12CCC(=O)OC[C@@H]1CC[C@@H]1[C@@H]2CC[C@]2(C)C(c3cccnc3)=CC[C@@H]12.C[C@]12CCOC(=O)C[C@@H]1CC[C@@H]1[C@@H]2CC[C@]2(C)C(c3cccnc3)=CC[C@@H]12. The Morgan fingerprint density at radius 2 is 1.17 bits per heavy atom. The Bertz CT molecular complexity index is 1720. The zero-order chi connectivity index (χ0) is 37.3. The molecule has 2 saturated heterocycles. The van der Waals surface area contributed by atoms with E-state index in [0.29, 0.717) is 37.9 Å². The molecule has 2 aromatic heterocycles. The van der Waals surface area contributed by atoms with E-state index in [0.717, 1.165) is 48.3 Å². The Labute approximate surface area is 323 Å². The van der Waals surface area contributed by atoms with Gasteiger partial charge in [-0.3, -0.25) is 19.6 Å². The van der Waals surface area contributed by atoms with Gasteiger partial charge in [-0.25, -0.2) is 0 Å². The lowest BCUT2D eigenvalue weighted by Crippen LogP contribution is -2.51. The molecule has 4 saturated carbocycles. The first-order chi connectivity index (χ1) is 26.0. The number of cyclic esters (lactones) is 2. The molecular weight excluding hydrogens is 669 g/mol. The van der Waals surface area contributed by atoms with Crippen LogP contribution < -0.4 is 0 Å². The van der Waals surface area contributed by atoms with Crippen LogP contribution in [0.5, 0.6) is 0 Å². The second-order valence-corrected chi connectivity index (χ2v) is 19.8. The number of nitrogens with zero attached hydrogens (tertiary/aromatic N) is 2. The minimum absolute atomic E-state index is 0.0178. The molecule has 2 aromatic rings. The molecule has 8 aliphatic rings. The van der Waals surface area contributed by atoms with Gasteiger partial charge in [0.05, 0.1) is 13.2 Å². The van der Waals surface area contributed by atoms with Crippen molar-refractivity contribution in [1.29, 1.82) is 0 Å². The van der Waals surface area contributed by atoms with E-state index in [4.69, 9.17) is 9.47 Å². The fraction of sp³-hybridized carbons (Fsp3) is 0.667. The summed E-state index contributed by atoms with van der Waals surface area (Å²) in [7, 11) is 0. The topological polar surface area (TPSA) is 78.4 Å². The molecule has 2 aliphatic heterocycles. The summed E-state index contributed by atoms with van der Waals surface area (Å²) in [5.74, 6) is 5.65. The van der Waals surface area contributed by atoms with Gasteiger partial charge in [-0.2, -0.15) is 0 Å². The van der Waals surface area contributed by atoms with E-state index in [-0.39, 0.29) is 33.6 Å². The number of carbonyl (C=O) groups is 2. The summed E-state index contributed by atoms with van der Waals surface area (Å²) in [6.45, 7) is 11.2. The van der Waals surface area contributed by atoms with Gasteiger partial charge in [-0.1, -0.05) is 52.0 Å². The van der Waals surface area contributed by atoms with Gasteiger partial charge in [0.1, 0.15) is 0 Å². The Balaban J connectivity index is 0.000000142. The summed E-state index contributed by atoms with van der Waals surface area (Å²) < 4.78 is 11.0. The van der Waals surface area contributed by atoms with Crippen LogP contribution in [0.1, 0.15) is 129 Å². The predicted molar refractivity (Wildman–Crippen MR) is 211 cm³/mol. The number of ether oxygens (including phenoxy) is 2. The molecule has 4 heterocycles. The minimum atomic E-state index is 0.0178. The number of allylic oxidation sites excluding steroid dienone is 4. The predicted octanol–water partition coefficient (Wildman–Crippen LogP) is 10.5. The Morgan fingerprint density at radius 3 is 1.72 bits per heavy atom. The van der Waals surface area contributed by atoms with E-state index in [2.05, 4.69) is 74.1 Å². The van der Waals surface area contributed by atoms with Gasteiger partial charge >= 0.3 is 11.9 Å². The second kappa shape index (κ2) is 13.7. The summed E-state index contributed by atoms with van der Waals surface area (Å²) >= 11 is 0. The van der Waals surface area contributed by atoms with Gasteiger partial charge in [0, 0.05) is 37.6 Å². The van der Waals surface area contributed by atoms with E-state index in [9.17, 15) is 9.59 Å². The first-order valence-corrected chi connectivity index (χ1v) is 21.6. The fourth-order valence-corrected chi connectivity index (χ4v) is 14.8. The van der Waals surface area contributed by atoms with E-state index in [1.54, 1.807) is 0 Å². The Kier molecular flexibility index (Phi) is 9.24. The van der Waals surface area contributed by atoms with Gasteiger partial charge in [-0.15, -0.1) is 0 Å². The van der Waals surface area contributed by atoms with Crippen LogP contribution in [0.25, 0.3) is 11.1 Å². The summed E-state index contributed by atoms with van der Waals surface area (Å²) in [5.41, 5.74) is 6.80. The van der Waals surface area contributed by atoms with Crippen molar-refractivity contribution in [2.45, 2.75) is 118 Å². The molecule has 54 heavy (non-hydrogen) atoms.